The number of carbonyl (C=O) groups excluding carboxylic acids is 1. The van der Waals surface area contributed by atoms with Crippen molar-refractivity contribution in [2.75, 3.05) is 19.6 Å². The van der Waals surface area contributed by atoms with Gasteiger partial charge < -0.3 is 5.32 Å². The van der Waals surface area contributed by atoms with Gasteiger partial charge in [0.25, 0.3) is 5.92 Å². The van der Waals surface area contributed by atoms with Crippen LogP contribution >= 0.6 is 0 Å². The fourth-order valence-electron chi connectivity index (χ4n) is 3.45. The van der Waals surface area contributed by atoms with Crippen LogP contribution in [0.15, 0.2) is 24.3 Å². The average molecular weight is 337 g/mol. The summed E-state index contributed by atoms with van der Waals surface area (Å²) in [5, 5.41) is 5.40. The fraction of sp³-hybridized carbons (Fsp3) is 0.611. The van der Waals surface area contributed by atoms with Gasteiger partial charge in [-0.2, -0.15) is 0 Å². The number of alkyl halides is 2. The number of hydrogen-bond donors (Lipinski definition) is 2. The van der Waals surface area contributed by atoms with Crippen molar-refractivity contribution in [3.8, 4) is 0 Å². The van der Waals surface area contributed by atoms with Crippen LogP contribution in [0.25, 0.3) is 0 Å². The van der Waals surface area contributed by atoms with Crippen LogP contribution < -0.4 is 10.6 Å². The third-order valence-electron chi connectivity index (χ3n) is 4.84. The third kappa shape index (κ3) is 4.51. The monoisotopic (exact) mass is 337 g/mol. The van der Waals surface area contributed by atoms with E-state index in [0.29, 0.717) is 6.54 Å². The summed E-state index contributed by atoms with van der Waals surface area (Å²) in [7, 11) is 0. The number of carbonyl (C=O) groups is 1. The fourth-order valence-corrected chi connectivity index (χ4v) is 3.45. The lowest BCUT2D eigenvalue weighted by Crippen LogP contribution is -2.40. The molecule has 0 aromatic heterocycles. The molecule has 1 aromatic rings. The van der Waals surface area contributed by atoms with E-state index in [9.17, 15) is 13.6 Å². The Morgan fingerprint density at radius 1 is 1.21 bits per heavy atom. The van der Waals surface area contributed by atoms with Crippen molar-refractivity contribution >= 4 is 5.91 Å². The van der Waals surface area contributed by atoms with Crippen LogP contribution in [-0.4, -0.2) is 42.4 Å². The van der Waals surface area contributed by atoms with Crippen molar-refractivity contribution < 1.29 is 13.6 Å². The highest BCUT2D eigenvalue weighted by Crippen LogP contribution is 2.25. The Bertz CT molecular complexity index is 573. The van der Waals surface area contributed by atoms with Crippen LogP contribution in [0.4, 0.5) is 8.78 Å². The molecule has 6 heteroatoms. The molecule has 1 amide bonds. The van der Waals surface area contributed by atoms with Crippen LogP contribution in [0, 0.1) is 0 Å². The van der Waals surface area contributed by atoms with Crippen molar-refractivity contribution in [3.05, 3.63) is 35.4 Å². The summed E-state index contributed by atoms with van der Waals surface area (Å²) < 4.78 is 26.4. The molecule has 0 spiro atoms. The first-order valence-corrected chi connectivity index (χ1v) is 8.72. The van der Waals surface area contributed by atoms with Gasteiger partial charge in [-0.05, 0) is 37.1 Å². The zero-order chi connectivity index (χ0) is 17.0. The molecular weight excluding hydrogens is 312 g/mol. The summed E-state index contributed by atoms with van der Waals surface area (Å²) in [6.45, 7) is 3.07. The van der Waals surface area contributed by atoms with E-state index < -0.39 is 24.9 Å². The standard InChI is InChI=1S/C18H25F2N3O/c19-18(20)10-16(22-13-18)17(24)21-11-14-6-2-3-7-15(14)12-23-8-4-1-5-9-23/h2-3,6-7,16,22H,1,4-5,8-13H2,(H,21,24). The summed E-state index contributed by atoms with van der Waals surface area (Å²) in [6, 6.07) is 7.23. The molecular formula is C18H25F2N3O. The number of amides is 1. The Morgan fingerprint density at radius 2 is 1.92 bits per heavy atom. The van der Waals surface area contributed by atoms with Crippen molar-refractivity contribution in [2.24, 2.45) is 0 Å². The molecule has 0 saturated carbocycles. The first-order chi connectivity index (χ1) is 11.5. The summed E-state index contributed by atoms with van der Waals surface area (Å²) in [6.07, 6.45) is 3.35. The second-order valence-electron chi connectivity index (χ2n) is 6.82. The minimum absolute atomic E-state index is 0.347. The predicted octanol–water partition coefficient (Wildman–Crippen LogP) is 2.29. The third-order valence-corrected chi connectivity index (χ3v) is 4.84. The Morgan fingerprint density at radius 3 is 2.58 bits per heavy atom. The molecule has 2 N–H and O–H groups in total. The Kier molecular flexibility index (Phi) is 5.46. The Labute approximate surface area is 141 Å². The summed E-state index contributed by atoms with van der Waals surface area (Å²) >= 11 is 0. The predicted molar refractivity (Wildman–Crippen MR) is 88.8 cm³/mol. The zero-order valence-corrected chi connectivity index (χ0v) is 13.9. The minimum atomic E-state index is -2.78. The van der Waals surface area contributed by atoms with Crippen LogP contribution in [0.1, 0.15) is 36.8 Å². The minimum Gasteiger partial charge on any atom is -0.351 e. The van der Waals surface area contributed by atoms with E-state index in [4.69, 9.17) is 0 Å². The van der Waals surface area contributed by atoms with Gasteiger partial charge in [0.15, 0.2) is 0 Å². The van der Waals surface area contributed by atoms with Crippen molar-refractivity contribution in [2.45, 2.75) is 50.7 Å². The van der Waals surface area contributed by atoms with Crippen molar-refractivity contribution in [1.29, 1.82) is 0 Å². The van der Waals surface area contributed by atoms with Gasteiger partial charge in [0.2, 0.25) is 5.91 Å². The number of nitrogens with zero attached hydrogens (tertiary/aromatic N) is 1. The van der Waals surface area contributed by atoms with E-state index in [1.165, 1.54) is 24.8 Å². The van der Waals surface area contributed by atoms with Crippen LogP contribution in [0.5, 0.6) is 0 Å². The first-order valence-electron chi connectivity index (χ1n) is 8.72. The quantitative estimate of drug-likeness (QED) is 0.866. The normalized spacial score (nSPS) is 24.0. The highest BCUT2D eigenvalue weighted by Gasteiger charge is 2.42. The second kappa shape index (κ2) is 7.57. The maximum absolute atomic E-state index is 13.2. The van der Waals surface area contributed by atoms with E-state index in [-0.39, 0.29) is 5.91 Å². The molecule has 4 nitrogen and oxygen atoms in total. The van der Waals surface area contributed by atoms with E-state index in [2.05, 4.69) is 21.6 Å². The van der Waals surface area contributed by atoms with E-state index in [0.717, 1.165) is 25.2 Å². The van der Waals surface area contributed by atoms with E-state index >= 15 is 0 Å². The summed E-state index contributed by atoms with van der Waals surface area (Å²) in [5.41, 5.74) is 2.26. The number of rotatable bonds is 5. The Balaban J connectivity index is 1.56. The average Bonchev–Trinajstić information content (AvgIpc) is 2.95. The molecule has 1 atom stereocenters. The molecule has 2 aliphatic rings. The molecule has 3 rings (SSSR count). The van der Waals surface area contributed by atoms with Gasteiger partial charge in [0, 0.05) is 19.5 Å². The zero-order valence-electron chi connectivity index (χ0n) is 13.9. The van der Waals surface area contributed by atoms with Gasteiger partial charge in [-0.15, -0.1) is 0 Å². The second-order valence-corrected chi connectivity index (χ2v) is 6.82. The molecule has 2 saturated heterocycles. The largest absolute Gasteiger partial charge is 0.351 e. The van der Waals surface area contributed by atoms with Gasteiger partial charge in [-0.1, -0.05) is 30.7 Å². The molecule has 0 aliphatic carbocycles. The first kappa shape index (κ1) is 17.3. The molecule has 0 radical (unpaired) electrons. The number of likely N-dealkylation sites (tertiary alicyclic amines) is 1. The number of halogens is 2. The highest BCUT2D eigenvalue weighted by atomic mass is 19.3. The van der Waals surface area contributed by atoms with E-state index in [1.807, 2.05) is 18.2 Å². The summed E-state index contributed by atoms with van der Waals surface area (Å²) in [5.74, 6) is -3.13. The smallest absolute Gasteiger partial charge is 0.262 e. The maximum Gasteiger partial charge on any atom is 0.262 e. The molecule has 24 heavy (non-hydrogen) atoms. The number of benzene rings is 1. The van der Waals surface area contributed by atoms with Crippen molar-refractivity contribution in [3.63, 3.8) is 0 Å². The van der Waals surface area contributed by atoms with Crippen molar-refractivity contribution in [1.82, 2.24) is 15.5 Å². The van der Waals surface area contributed by atoms with Crippen LogP contribution in [0.3, 0.4) is 0 Å². The lowest BCUT2D eigenvalue weighted by molar-refractivity contribution is -0.123. The molecule has 2 aliphatic heterocycles. The molecule has 1 unspecified atom stereocenters. The number of piperidine rings is 1. The van der Waals surface area contributed by atoms with Gasteiger partial charge in [-0.3, -0.25) is 15.0 Å². The molecule has 2 heterocycles. The molecule has 132 valence electrons. The lowest BCUT2D eigenvalue weighted by Gasteiger charge is -2.27. The van der Waals surface area contributed by atoms with E-state index in [1.54, 1.807) is 0 Å². The van der Waals surface area contributed by atoms with Gasteiger partial charge in [-0.25, -0.2) is 8.78 Å². The SMILES string of the molecule is O=C(NCc1ccccc1CN1CCCCC1)C1CC(F)(F)CN1. The highest BCUT2D eigenvalue weighted by molar-refractivity contribution is 5.82. The lowest BCUT2D eigenvalue weighted by atomic mass is 10.0. The molecule has 1 aromatic carbocycles. The van der Waals surface area contributed by atoms with Crippen LogP contribution in [-0.2, 0) is 17.9 Å². The Hall–Kier alpha value is -1.53. The van der Waals surface area contributed by atoms with Crippen LogP contribution in [0.2, 0.25) is 0 Å². The summed E-state index contributed by atoms with van der Waals surface area (Å²) in [4.78, 5) is 14.5. The van der Waals surface area contributed by atoms with Gasteiger partial charge in [0.05, 0.1) is 12.6 Å². The molecule has 2 fully saturated rings. The molecule has 0 bridgehead atoms. The van der Waals surface area contributed by atoms with Gasteiger partial charge in [0.1, 0.15) is 0 Å². The van der Waals surface area contributed by atoms with Gasteiger partial charge >= 0.3 is 0 Å². The maximum atomic E-state index is 13.2. The number of hydrogen-bond acceptors (Lipinski definition) is 3. The topological polar surface area (TPSA) is 44.4 Å². The number of nitrogens with one attached hydrogen (secondary N) is 2.